The zero-order valence-electron chi connectivity index (χ0n) is 34.6. The molecule has 0 saturated heterocycles. The molecule has 1 atom stereocenters. The van der Waals surface area contributed by atoms with Crippen molar-refractivity contribution in [3.05, 3.63) is 114 Å². The van der Waals surface area contributed by atoms with Crippen LogP contribution in [-0.4, -0.2) is 23.2 Å². The molecule has 3 aromatic heterocycles. The Morgan fingerprint density at radius 1 is 0.727 bits per heavy atom. The molecule has 1 radical (unpaired) electrons. The van der Waals surface area contributed by atoms with Crippen LogP contribution in [0.1, 0.15) is 90.3 Å². The molecule has 3 aliphatic rings. The molecule has 0 amide bonds. The molecule has 291 valence electrons. The van der Waals surface area contributed by atoms with Gasteiger partial charge in [0.1, 0.15) is 5.58 Å². The average Bonchev–Trinajstić information content (AvgIpc) is 3.48. The fraction of sp³-hybridized carbons (Fsp3) is 0.440. The van der Waals surface area contributed by atoms with Gasteiger partial charge in [0.25, 0.3) is 0 Å². The van der Waals surface area contributed by atoms with Gasteiger partial charge in [-0.05, 0) is 84.7 Å². The van der Waals surface area contributed by atoms with Crippen molar-refractivity contribution in [1.29, 1.82) is 0 Å². The monoisotopic (exact) mass is 971 g/mol. The molecule has 0 N–H and O–H groups in total. The number of nitrogens with zero attached hydrogens (tertiary/aromatic N) is 2. The number of aromatic nitrogens is 2. The van der Waals surface area contributed by atoms with Gasteiger partial charge in [-0.3, -0.25) is 0 Å². The Morgan fingerprint density at radius 2 is 1.45 bits per heavy atom. The number of hydrogen-bond donors (Lipinski definition) is 0. The van der Waals surface area contributed by atoms with Gasteiger partial charge in [0.15, 0.2) is 0 Å². The Labute approximate surface area is 347 Å². The summed E-state index contributed by atoms with van der Waals surface area (Å²) in [7, 11) is 0. The molecule has 0 spiro atoms. The normalized spacial score (nSPS) is 18.5. The van der Waals surface area contributed by atoms with Gasteiger partial charge in [0.05, 0.1) is 5.58 Å². The second-order valence-corrected chi connectivity index (χ2v) is 30.4. The number of furan rings is 1. The molecule has 1 unspecified atom stereocenters. The summed E-state index contributed by atoms with van der Waals surface area (Å²) in [5.41, 5.74) is 10.9. The van der Waals surface area contributed by atoms with E-state index in [1.54, 1.807) is 0 Å². The smallest absolute Gasteiger partial charge is 0.120 e. The fourth-order valence-corrected chi connectivity index (χ4v) is 12.4. The van der Waals surface area contributed by atoms with E-state index in [2.05, 4.69) is 126 Å². The van der Waals surface area contributed by atoms with E-state index >= 15 is 0 Å². The maximum atomic E-state index is 6.13. The third-order valence-corrected chi connectivity index (χ3v) is 15.8. The Balaban J connectivity index is 0.000000204. The molecule has 55 heavy (non-hydrogen) atoms. The van der Waals surface area contributed by atoms with Crippen molar-refractivity contribution in [2.45, 2.75) is 110 Å². The number of hydrogen-bond acceptors (Lipinski definition) is 3. The number of fused-ring (bicyclic) bond motifs is 6. The number of benzene rings is 3. The van der Waals surface area contributed by atoms with E-state index in [9.17, 15) is 0 Å². The quantitative estimate of drug-likeness (QED) is 0.118. The third-order valence-electron chi connectivity index (χ3n) is 11.5. The van der Waals surface area contributed by atoms with Crippen molar-refractivity contribution < 1.29 is 24.5 Å². The van der Waals surface area contributed by atoms with Crippen LogP contribution in [0.15, 0.2) is 89.6 Å². The zero-order valence-corrected chi connectivity index (χ0v) is 39.1. The first kappa shape index (κ1) is 41.6. The molecule has 9 rings (SSSR count). The van der Waals surface area contributed by atoms with Crippen LogP contribution in [0.3, 0.4) is 0 Å². The summed E-state index contributed by atoms with van der Waals surface area (Å²) in [5, 5.41) is 2.35. The largest absolute Gasteiger partial charge is 0.500 e. The van der Waals surface area contributed by atoms with Crippen LogP contribution in [0.4, 0.5) is 0 Å². The Bertz CT molecular complexity index is 2210. The van der Waals surface area contributed by atoms with E-state index in [0.717, 1.165) is 69.7 Å². The van der Waals surface area contributed by atoms with Gasteiger partial charge in [0, 0.05) is 31.7 Å². The van der Waals surface area contributed by atoms with Gasteiger partial charge in [-0.25, -0.2) is 0 Å². The number of pyridine rings is 2. The molecule has 3 fully saturated rings. The molecule has 6 aromatic rings. The second kappa shape index (κ2) is 16.8. The van der Waals surface area contributed by atoms with Gasteiger partial charge < -0.3 is 9.40 Å². The summed E-state index contributed by atoms with van der Waals surface area (Å²) in [4.78, 5) is 9.45. The van der Waals surface area contributed by atoms with E-state index in [-0.39, 0.29) is 25.5 Å². The molecule has 3 nitrogen and oxygen atoms in total. The van der Waals surface area contributed by atoms with Gasteiger partial charge >= 0.3 is 132 Å². The summed E-state index contributed by atoms with van der Waals surface area (Å²) in [6, 6.07) is 32.5. The molecule has 3 saturated carbocycles. The molecule has 3 heterocycles. The first-order valence-electron chi connectivity index (χ1n) is 20.4. The molecular formula is C50H60GeIrN2O-2. The van der Waals surface area contributed by atoms with Crippen molar-refractivity contribution in [2.24, 2.45) is 28.6 Å². The Hall–Kier alpha value is -3.05. The zero-order chi connectivity index (χ0) is 38.3. The van der Waals surface area contributed by atoms with Crippen LogP contribution in [0.5, 0.6) is 0 Å². The molecule has 3 aliphatic carbocycles. The Kier molecular flexibility index (Phi) is 12.7. The summed E-state index contributed by atoms with van der Waals surface area (Å²) in [6.07, 6.45) is 14.7. The van der Waals surface area contributed by atoms with E-state index in [1.807, 2.05) is 30.5 Å². The average molecular weight is 970 g/mol. The Morgan fingerprint density at radius 3 is 2.11 bits per heavy atom. The van der Waals surface area contributed by atoms with Crippen molar-refractivity contribution in [3.8, 4) is 22.5 Å². The van der Waals surface area contributed by atoms with Crippen LogP contribution in [0, 0.1) is 40.7 Å². The summed E-state index contributed by atoms with van der Waals surface area (Å²) in [6.45, 7) is 13.8. The van der Waals surface area contributed by atoms with Crippen LogP contribution in [0.25, 0.3) is 44.5 Å². The minimum Gasteiger partial charge on any atom is -0.500 e. The summed E-state index contributed by atoms with van der Waals surface area (Å²) >= 11 is -1.90. The topological polar surface area (TPSA) is 38.9 Å². The second-order valence-electron chi connectivity index (χ2n) is 19.8. The fourth-order valence-electron chi connectivity index (χ4n) is 9.05. The molecule has 0 aliphatic heterocycles. The minimum absolute atomic E-state index is 0. The van der Waals surface area contributed by atoms with Crippen LogP contribution < -0.4 is 4.40 Å². The van der Waals surface area contributed by atoms with E-state index in [4.69, 9.17) is 14.4 Å². The van der Waals surface area contributed by atoms with Crippen LogP contribution in [-0.2, 0) is 39.4 Å². The van der Waals surface area contributed by atoms with Crippen molar-refractivity contribution in [2.75, 3.05) is 0 Å². The van der Waals surface area contributed by atoms with Gasteiger partial charge in [-0.15, -0.1) is 23.8 Å². The molecular weight excluding hydrogens is 909 g/mol. The summed E-state index contributed by atoms with van der Waals surface area (Å²) < 4.78 is 7.66. The molecule has 5 heteroatoms. The first-order valence-corrected chi connectivity index (χ1v) is 27.7. The van der Waals surface area contributed by atoms with Crippen LogP contribution in [0.2, 0.25) is 17.3 Å². The van der Waals surface area contributed by atoms with Crippen molar-refractivity contribution in [3.63, 3.8) is 0 Å². The predicted octanol–water partition coefficient (Wildman–Crippen LogP) is 13.1. The molecule has 3 aromatic carbocycles. The van der Waals surface area contributed by atoms with Crippen LogP contribution >= 0.6 is 0 Å². The van der Waals surface area contributed by atoms with E-state index < -0.39 is 13.3 Å². The third kappa shape index (κ3) is 10.5. The van der Waals surface area contributed by atoms with E-state index in [1.165, 1.54) is 65.0 Å². The van der Waals surface area contributed by atoms with Gasteiger partial charge in [-0.2, -0.15) is 0 Å². The number of rotatable bonds is 7. The minimum atomic E-state index is -1.90. The van der Waals surface area contributed by atoms with Crippen molar-refractivity contribution >= 4 is 39.6 Å². The van der Waals surface area contributed by atoms with Crippen molar-refractivity contribution in [1.82, 2.24) is 9.97 Å². The predicted molar refractivity (Wildman–Crippen MR) is 231 cm³/mol. The first-order chi connectivity index (χ1) is 25.6. The maximum Gasteiger partial charge on any atom is 0.120 e. The SMILES string of the molecule is CC(C)(C)Cc1cc(-c2[c-]cccc2)nc[c]1[Ge]([CH3])([CH3])[CH3].CC(C)(C)Cc1ccc2oc3c[c-]c(-c4cc(CC5CC6CCC5CC6)ccn4)cc3c2c1.[Ir]. The maximum absolute atomic E-state index is 6.13. The molecule has 2 bridgehead atoms. The van der Waals surface area contributed by atoms with Gasteiger partial charge in [-0.1, -0.05) is 56.7 Å². The standard InChI is InChI=1S/C31H34NO.C19H26GeN.Ir/c1-31(2,3)19-22-6-10-29-26(16-22)27-18-24(9-11-30(27)33-29)28-17-21(12-13-32-28)15-25-14-20-4-7-23(25)8-5-20;1-19(2,3)13-16-12-18(15-10-8-7-9-11-15)21-14-17(16)20(4,5)6;/h6,10-13,16-18,20,23,25H,4-5,7-8,14-15,19H2,1-3H3;7-10,12,14H,13H2,1-6H3;/q2*-1;. The summed E-state index contributed by atoms with van der Waals surface area (Å²) in [5.74, 6) is 10.1. The van der Waals surface area contributed by atoms with E-state index in [0.29, 0.717) is 5.41 Å². The van der Waals surface area contributed by atoms with Gasteiger partial charge in [0.2, 0.25) is 0 Å².